The first-order valence-electron chi connectivity index (χ1n) is 5.18. The summed E-state index contributed by atoms with van der Waals surface area (Å²) in [4.78, 5) is 11.2. The number of nitrogens with zero attached hydrogens (tertiary/aromatic N) is 2. The molecular formula is C9H15F3N4O. The van der Waals surface area contributed by atoms with E-state index < -0.39 is 24.5 Å². The van der Waals surface area contributed by atoms with Gasteiger partial charge in [0.05, 0.1) is 6.04 Å². The van der Waals surface area contributed by atoms with Crippen LogP contribution in [-0.2, 0) is 6.54 Å². The highest BCUT2D eigenvalue weighted by molar-refractivity contribution is 4.94. The van der Waals surface area contributed by atoms with Crippen molar-refractivity contribution in [1.29, 1.82) is 0 Å². The Morgan fingerprint density at radius 2 is 2.06 bits per heavy atom. The van der Waals surface area contributed by atoms with E-state index in [1.54, 1.807) is 0 Å². The van der Waals surface area contributed by atoms with Gasteiger partial charge in [0.1, 0.15) is 6.54 Å². The number of nitrogens with one attached hydrogen (secondary N) is 1. The number of nitrogens with two attached hydrogens (primary N) is 1. The lowest BCUT2D eigenvalue weighted by Gasteiger charge is -2.15. The molecule has 0 aliphatic heterocycles. The van der Waals surface area contributed by atoms with Crippen molar-refractivity contribution in [3.05, 3.63) is 16.3 Å². The van der Waals surface area contributed by atoms with Crippen LogP contribution >= 0.6 is 0 Å². The summed E-state index contributed by atoms with van der Waals surface area (Å²) < 4.78 is 37.3. The second-order valence-electron chi connectivity index (χ2n) is 4.32. The Bertz CT molecular complexity index is 421. The Hall–Kier alpha value is -1.31. The highest BCUT2D eigenvalue weighted by atomic mass is 19.4. The van der Waals surface area contributed by atoms with Crippen molar-refractivity contribution in [3.63, 3.8) is 0 Å². The molecule has 0 saturated heterocycles. The summed E-state index contributed by atoms with van der Waals surface area (Å²) >= 11 is 0. The Labute approximate surface area is 95.8 Å². The van der Waals surface area contributed by atoms with E-state index in [0.29, 0.717) is 11.0 Å². The predicted octanol–water partition coefficient (Wildman–Crippen LogP) is 1.18. The molecule has 1 heterocycles. The molecule has 0 aliphatic rings. The van der Waals surface area contributed by atoms with Gasteiger partial charge < -0.3 is 5.73 Å². The van der Waals surface area contributed by atoms with Crippen LogP contribution in [0.2, 0.25) is 0 Å². The summed E-state index contributed by atoms with van der Waals surface area (Å²) in [6, 6.07) is -0.684. The molecule has 98 valence electrons. The minimum absolute atomic E-state index is 0.0546. The van der Waals surface area contributed by atoms with Crippen LogP contribution < -0.4 is 11.4 Å². The maximum atomic E-state index is 12.3. The number of aromatic amines is 1. The Kier molecular flexibility index (Phi) is 3.97. The molecule has 1 aromatic rings. The molecule has 1 atom stereocenters. The first-order chi connectivity index (χ1) is 7.70. The predicted molar refractivity (Wildman–Crippen MR) is 55.3 cm³/mol. The molecule has 8 heteroatoms. The van der Waals surface area contributed by atoms with Crippen molar-refractivity contribution in [3.8, 4) is 0 Å². The van der Waals surface area contributed by atoms with Crippen LogP contribution in [0.25, 0.3) is 0 Å². The van der Waals surface area contributed by atoms with E-state index >= 15 is 0 Å². The van der Waals surface area contributed by atoms with Crippen molar-refractivity contribution in [2.45, 2.75) is 39.0 Å². The molecule has 3 N–H and O–H groups in total. The van der Waals surface area contributed by atoms with Gasteiger partial charge in [0.25, 0.3) is 0 Å². The molecule has 0 spiro atoms. The SMILES string of the molecule is CC(C)C[C@H](N)c1n[nH]c(=O)n1CC(F)(F)F. The normalized spacial score (nSPS) is 14.3. The summed E-state index contributed by atoms with van der Waals surface area (Å²) in [7, 11) is 0. The van der Waals surface area contributed by atoms with Gasteiger partial charge in [0.15, 0.2) is 5.82 Å². The highest BCUT2D eigenvalue weighted by Gasteiger charge is 2.31. The average Bonchev–Trinajstić information content (AvgIpc) is 2.44. The quantitative estimate of drug-likeness (QED) is 0.844. The second kappa shape index (κ2) is 4.91. The molecule has 0 bridgehead atoms. The van der Waals surface area contributed by atoms with Crippen LogP contribution in [0.4, 0.5) is 13.2 Å². The van der Waals surface area contributed by atoms with Crippen molar-refractivity contribution in [1.82, 2.24) is 14.8 Å². The van der Waals surface area contributed by atoms with Gasteiger partial charge in [0, 0.05) is 0 Å². The zero-order valence-electron chi connectivity index (χ0n) is 9.58. The van der Waals surface area contributed by atoms with E-state index in [-0.39, 0.29) is 11.7 Å². The van der Waals surface area contributed by atoms with Crippen molar-refractivity contribution < 1.29 is 13.2 Å². The molecule has 0 saturated carbocycles. The fourth-order valence-electron chi connectivity index (χ4n) is 1.56. The largest absolute Gasteiger partial charge is 0.406 e. The number of rotatable bonds is 4. The van der Waals surface area contributed by atoms with Gasteiger partial charge in [-0.25, -0.2) is 9.89 Å². The van der Waals surface area contributed by atoms with E-state index in [2.05, 4.69) is 5.10 Å². The number of hydrogen-bond acceptors (Lipinski definition) is 3. The van der Waals surface area contributed by atoms with Gasteiger partial charge in [-0.2, -0.15) is 18.3 Å². The minimum Gasteiger partial charge on any atom is -0.321 e. The van der Waals surface area contributed by atoms with Crippen molar-refractivity contribution >= 4 is 0 Å². The van der Waals surface area contributed by atoms with E-state index in [4.69, 9.17) is 5.73 Å². The Balaban J connectivity index is 2.97. The van der Waals surface area contributed by atoms with E-state index in [1.165, 1.54) is 0 Å². The average molecular weight is 252 g/mol. The molecule has 1 aromatic heterocycles. The van der Waals surface area contributed by atoms with E-state index in [0.717, 1.165) is 0 Å². The van der Waals surface area contributed by atoms with Gasteiger partial charge >= 0.3 is 11.9 Å². The highest BCUT2D eigenvalue weighted by Crippen LogP contribution is 2.20. The van der Waals surface area contributed by atoms with Gasteiger partial charge in [-0.3, -0.25) is 4.57 Å². The number of aromatic nitrogens is 3. The van der Waals surface area contributed by atoms with Crippen LogP contribution in [0, 0.1) is 5.92 Å². The van der Waals surface area contributed by atoms with Gasteiger partial charge in [0.2, 0.25) is 0 Å². The molecule has 17 heavy (non-hydrogen) atoms. The second-order valence-corrected chi connectivity index (χ2v) is 4.32. The Morgan fingerprint density at radius 3 is 2.53 bits per heavy atom. The summed E-state index contributed by atoms with van der Waals surface area (Å²) in [5.41, 5.74) is 4.83. The maximum absolute atomic E-state index is 12.3. The van der Waals surface area contributed by atoms with Crippen molar-refractivity contribution in [2.24, 2.45) is 11.7 Å². The zero-order chi connectivity index (χ0) is 13.2. The standard InChI is InChI=1S/C9H15F3N4O/c1-5(2)3-6(13)7-14-15-8(17)16(7)4-9(10,11)12/h5-6H,3-4,13H2,1-2H3,(H,15,17)/t6-/m0/s1. The first kappa shape index (κ1) is 13.8. The molecule has 0 unspecified atom stereocenters. The molecule has 0 radical (unpaired) electrons. The van der Waals surface area contributed by atoms with Crippen LogP contribution in [0.5, 0.6) is 0 Å². The monoisotopic (exact) mass is 252 g/mol. The van der Waals surface area contributed by atoms with Crippen LogP contribution in [0.3, 0.4) is 0 Å². The summed E-state index contributed by atoms with van der Waals surface area (Å²) in [5.74, 6) is 0.150. The third-order valence-corrected chi connectivity index (χ3v) is 2.18. The lowest BCUT2D eigenvalue weighted by atomic mass is 10.0. The van der Waals surface area contributed by atoms with Crippen LogP contribution in [-0.4, -0.2) is 20.9 Å². The van der Waals surface area contributed by atoms with Gasteiger partial charge in [-0.15, -0.1) is 0 Å². The third-order valence-electron chi connectivity index (χ3n) is 2.18. The lowest BCUT2D eigenvalue weighted by Crippen LogP contribution is -2.30. The molecule has 5 nitrogen and oxygen atoms in total. The minimum atomic E-state index is -4.47. The van der Waals surface area contributed by atoms with E-state index in [1.807, 2.05) is 18.9 Å². The van der Waals surface area contributed by atoms with Crippen LogP contribution in [0.1, 0.15) is 32.1 Å². The van der Waals surface area contributed by atoms with Gasteiger partial charge in [-0.05, 0) is 12.3 Å². The Morgan fingerprint density at radius 1 is 1.47 bits per heavy atom. The van der Waals surface area contributed by atoms with Gasteiger partial charge in [-0.1, -0.05) is 13.8 Å². The van der Waals surface area contributed by atoms with E-state index in [9.17, 15) is 18.0 Å². The number of hydrogen-bond donors (Lipinski definition) is 2. The lowest BCUT2D eigenvalue weighted by molar-refractivity contribution is -0.141. The summed E-state index contributed by atoms with van der Waals surface area (Å²) in [6.07, 6.45) is -4.01. The number of alkyl halides is 3. The molecular weight excluding hydrogens is 237 g/mol. The van der Waals surface area contributed by atoms with Crippen LogP contribution in [0.15, 0.2) is 4.79 Å². The summed E-state index contributed by atoms with van der Waals surface area (Å²) in [6.45, 7) is 2.40. The number of halogens is 3. The molecule has 1 rings (SSSR count). The number of H-pyrrole nitrogens is 1. The summed E-state index contributed by atoms with van der Waals surface area (Å²) in [5, 5.41) is 5.54. The third kappa shape index (κ3) is 3.88. The fourth-order valence-corrected chi connectivity index (χ4v) is 1.56. The molecule has 0 aliphatic carbocycles. The van der Waals surface area contributed by atoms with Crippen molar-refractivity contribution in [2.75, 3.05) is 0 Å². The maximum Gasteiger partial charge on any atom is 0.406 e. The topological polar surface area (TPSA) is 76.7 Å². The molecule has 0 aromatic carbocycles. The fraction of sp³-hybridized carbons (Fsp3) is 0.778. The smallest absolute Gasteiger partial charge is 0.321 e. The molecule has 0 fully saturated rings. The molecule has 0 amide bonds. The first-order valence-corrected chi connectivity index (χ1v) is 5.18. The zero-order valence-corrected chi connectivity index (χ0v) is 9.58.